The molecule has 0 spiro atoms. The molecule has 0 unspecified atom stereocenters. The van der Waals surface area contributed by atoms with Gasteiger partial charge in [0.1, 0.15) is 9.84 Å². The third-order valence-electron chi connectivity index (χ3n) is 0. The van der Waals surface area contributed by atoms with Gasteiger partial charge in [0, 0.05) is 12.5 Å². The maximum absolute atomic E-state index is 9.63. The molecule has 0 saturated heterocycles. The molecule has 4 heteroatoms. The van der Waals surface area contributed by atoms with E-state index in [0.717, 1.165) is 12.5 Å². The molecule has 2 nitrogen and oxygen atoms in total. The van der Waals surface area contributed by atoms with Gasteiger partial charge in [0.2, 0.25) is 0 Å². The highest BCUT2D eigenvalue weighted by molar-refractivity contribution is 8.12. The van der Waals surface area contributed by atoms with Crippen molar-refractivity contribution < 1.29 is 8.42 Å². The molecule has 0 aliphatic carbocycles. The topological polar surface area (TPSA) is 34.1 Å². The van der Waals surface area contributed by atoms with Crippen molar-refractivity contribution in [1.29, 1.82) is 0 Å². The largest absolute Gasteiger partial charge is 0.229 e. The lowest BCUT2D eigenvalue weighted by Gasteiger charge is -1.70. The van der Waals surface area contributed by atoms with E-state index in [9.17, 15) is 8.42 Å². The van der Waals surface area contributed by atoms with Crippen LogP contribution < -0.4 is 0 Å². The number of sulfone groups is 1. The third-order valence-corrected chi connectivity index (χ3v) is 0. The van der Waals surface area contributed by atoms with Gasteiger partial charge in [-0.1, -0.05) is 11.4 Å². The summed E-state index contributed by atoms with van der Waals surface area (Å²) in [4.78, 5) is 0. The van der Waals surface area contributed by atoms with Gasteiger partial charge in [-0.25, -0.2) is 8.42 Å². The number of hydrogen-bond acceptors (Lipinski definition) is 2. The first kappa shape index (κ1) is 18.6. The van der Waals surface area contributed by atoms with Crippen molar-refractivity contribution in [2.75, 3.05) is 25.0 Å². The van der Waals surface area contributed by atoms with Crippen molar-refractivity contribution in [2.45, 2.75) is 13.8 Å². The van der Waals surface area contributed by atoms with Crippen molar-refractivity contribution in [3.05, 3.63) is 12.2 Å². The first-order chi connectivity index (χ1) is 5.46. The lowest BCUT2D eigenvalue weighted by atomic mass is 10.4. The highest BCUT2D eigenvalue weighted by Crippen LogP contribution is 1.86. The molecule has 0 aromatic rings. The van der Waals surface area contributed by atoms with Crippen LogP contribution in [0.25, 0.3) is 0 Å². The van der Waals surface area contributed by atoms with Crippen molar-refractivity contribution in [3.63, 3.8) is 0 Å². The molecule has 0 radical (unpaired) electrons. The normalized spacial score (nSPS) is 9.15. The van der Waals surface area contributed by atoms with Gasteiger partial charge in [-0.05, 0) is 26.4 Å². The molecular weight excluding hydrogens is 204 g/mol. The molecule has 0 saturated carbocycles. The van der Waals surface area contributed by atoms with Gasteiger partial charge >= 0.3 is 0 Å². The van der Waals surface area contributed by atoms with E-state index in [1.54, 1.807) is 0 Å². The predicted molar refractivity (Wildman–Crippen MR) is 67.8 cm³/mol. The zero-order valence-electron chi connectivity index (χ0n) is 9.55. The Morgan fingerprint density at radius 2 is 1.15 bits per heavy atom. The van der Waals surface area contributed by atoms with Crippen molar-refractivity contribution in [1.82, 2.24) is 0 Å². The Morgan fingerprint density at radius 3 is 1.15 bits per heavy atom. The van der Waals surface area contributed by atoms with Crippen molar-refractivity contribution in [2.24, 2.45) is 0 Å². The Balaban J connectivity index is -0.000000117. The van der Waals surface area contributed by atoms with Crippen LogP contribution in [-0.4, -0.2) is 39.3 Å². The summed E-state index contributed by atoms with van der Waals surface area (Å²) in [5, 5.41) is 0. The fourth-order valence-electron chi connectivity index (χ4n) is 0. The number of rotatable bonds is 0. The van der Waals surface area contributed by atoms with Gasteiger partial charge in [-0.3, -0.25) is 0 Å². The predicted octanol–water partition coefficient (Wildman–Crippen LogP) is 2.19. The van der Waals surface area contributed by atoms with Crippen LogP contribution in [0.4, 0.5) is 0 Å². The van der Waals surface area contributed by atoms with Crippen LogP contribution in [-0.2, 0) is 9.84 Å². The van der Waals surface area contributed by atoms with E-state index < -0.39 is 9.84 Å². The molecule has 0 atom stereocenters. The van der Waals surface area contributed by atoms with Gasteiger partial charge in [0.15, 0.2) is 0 Å². The van der Waals surface area contributed by atoms with Crippen LogP contribution in [0.1, 0.15) is 13.8 Å². The second kappa shape index (κ2) is 9.99. The quantitative estimate of drug-likeness (QED) is 0.469. The summed E-state index contributed by atoms with van der Waals surface area (Å²) in [6.07, 6.45) is 6.49. The van der Waals surface area contributed by atoms with Crippen molar-refractivity contribution in [3.8, 4) is 0 Å². The minimum absolute atomic E-state index is 0.389. The molecule has 82 valence electrons. The van der Waals surface area contributed by atoms with E-state index in [2.05, 4.69) is 25.0 Å². The minimum atomic E-state index is -2.67. The zero-order valence-corrected chi connectivity index (χ0v) is 11.2. The highest BCUT2D eigenvalue weighted by Gasteiger charge is 1.79. The number of hydrogen-bond donors (Lipinski definition) is 0. The average Bonchev–Trinajstić information content (AvgIpc) is 1.50. The van der Waals surface area contributed by atoms with E-state index in [0.29, 0.717) is 10.5 Å². The summed E-state index contributed by atoms with van der Waals surface area (Å²) in [5.74, 6) is 3.67. The Morgan fingerprint density at radius 1 is 1.15 bits per heavy atom. The lowest BCUT2D eigenvalue weighted by Crippen LogP contribution is -1.86. The fourth-order valence-corrected chi connectivity index (χ4v) is 0. The van der Waals surface area contributed by atoms with Gasteiger partial charge in [0.05, 0.1) is 0 Å². The second-order valence-electron chi connectivity index (χ2n) is 3.34. The third kappa shape index (κ3) is 144000. The van der Waals surface area contributed by atoms with E-state index in [-0.39, 0.29) is 0 Å². The Hall–Kier alpha value is -0.0900. The molecule has 13 heavy (non-hydrogen) atoms. The smallest absolute Gasteiger partial charge is 0.144 e. The molecule has 0 N–H and O–H groups in total. The van der Waals surface area contributed by atoms with Crippen LogP contribution in [0.3, 0.4) is 0 Å². The summed E-state index contributed by atoms with van der Waals surface area (Å²) >= 11 is 0. The van der Waals surface area contributed by atoms with Gasteiger partial charge < -0.3 is 0 Å². The van der Waals surface area contributed by atoms with E-state index in [1.165, 1.54) is 5.57 Å². The average molecular weight is 226 g/mol. The molecule has 0 aromatic carbocycles. The Bertz CT molecular complexity index is 210. The zero-order chi connectivity index (χ0) is 11.7. The fraction of sp³-hybridized carbons (Fsp3) is 0.667. The standard InChI is InChI=1S/C4H8.C3H8S.C2H6O2S/c2*1-4(2)3;1-5(2,3)4/h2*1H2,2-3H3;1-2H3. The van der Waals surface area contributed by atoms with Crippen LogP contribution >= 0.6 is 10.5 Å². The van der Waals surface area contributed by atoms with Crippen LogP contribution in [0.2, 0.25) is 0 Å². The van der Waals surface area contributed by atoms with E-state index in [1.807, 2.05) is 13.8 Å². The Labute approximate surface area is 85.9 Å². The lowest BCUT2D eigenvalue weighted by molar-refractivity contribution is 0.607. The first-order valence-electron chi connectivity index (χ1n) is 3.61. The van der Waals surface area contributed by atoms with Gasteiger partial charge in [-0.2, -0.15) is 10.5 Å². The maximum atomic E-state index is 9.63. The van der Waals surface area contributed by atoms with Crippen LogP contribution in [0.15, 0.2) is 12.2 Å². The summed E-state index contributed by atoms with van der Waals surface area (Å²) in [6.45, 7) is 7.50. The SMILES string of the molecule is C=C(C)C.C=S(C)C.CS(C)(=O)=O. The molecule has 0 aliphatic rings. The molecule has 0 rings (SSSR count). The molecule has 0 aliphatic heterocycles. The summed E-state index contributed by atoms with van der Waals surface area (Å²) in [5.41, 5.74) is 1.17. The van der Waals surface area contributed by atoms with Crippen LogP contribution in [0.5, 0.6) is 0 Å². The van der Waals surface area contributed by atoms with Crippen molar-refractivity contribution >= 4 is 26.2 Å². The molecular formula is C9H22O2S2. The first-order valence-corrected chi connectivity index (χ1v) is 8.12. The summed E-state index contributed by atoms with van der Waals surface area (Å²) in [7, 11) is -2.28. The van der Waals surface area contributed by atoms with E-state index in [4.69, 9.17) is 0 Å². The molecule has 0 heterocycles. The minimum Gasteiger partial charge on any atom is -0.229 e. The van der Waals surface area contributed by atoms with Crippen LogP contribution in [0, 0.1) is 0 Å². The summed E-state index contributed by atoms with van der Waals surface area (Å²) < 4.78 is 19.3. The molecule has 0 bridgehead atoms. The van der Waals surface area contributed by atoms with Gasteiger partial charge in [-0.15, -0.1) is 6.58 Å². The van der Waals surface area contributed by atoms with E-state index >= 15 is 0 Å². The number of allylic oxidation sites excluding steroid dienone is 1. The van der Waals surface area contributed by atoms with Gasteiger partial charge in [0.25, 0.3) is 0 Å². The summed E-state index contributed by atoms with van der Waals surface area (Å²) in [6, 6.07) is 0. The monoisotopic (exact) mass is 226 g/mol. The Kier molecular flexibility index (Phi) is 14.3. The second-order valence-corrected chi connectivity index (χ2v) is 7.59. The molecule has 0 fully saturated rings. The maximum Gasteiger partial charge on any atom is 0.144 e. The molecule has 0 aromatic heterocycles. The molecule has 0 amide bonds. The highest BCUT2D eigenvalue weighted by atomic mass is 32.2.